The van der Waals surface area contributed by atoms with E-state index in [4.69, 9.17) is 26.3 Å². The molecule has 0 spiro atoms. The predicted octanol–water partition coefficient (Wildman–Crippen LogP) is 7.00. The third-order valence-electron chi connectivity index (χ3n) is 8.28. The number of ether oxygens (including phenoxy) is 1. The van der Waals surface area contributed by atoms with Gasteiger partial charge in [0, 0.05) is 43.3 Å². The second-order valence-electron chi connectivity index (χ2n) is 12.7. The molecule has 0 unspecified atom stereocenters. The molecule has 4 aromatic rings. The van der Waals surface area contributed by atoms with Gasteiger partial charge in [-0.3, -0.25) is 4.79 Å². The topological polar surface area (TPSA) is 80.6 Å². The summed E-state index contributed by atoms with van der Waals surface area (Å²) < 4.78 is 21.4. The second kappa shape index (κ2) is 11.8. The molecule has 0 bridgehead atoms. The number of hydrogen-bond donors (Lipinski definition) is 0. The van der Waals surface area contributed by atoms with Crippen LogP contribution in [0.25, 0.3) is 22.2 Å². The van der Waals surface area contributed by atoms with Crippen LogP contribution in [0.15, 0.2) is 36.5 Å². The number of rotatable bonds is 6. The number of benzene rings is 1. The van der Waals surface area contributed by atoms with Crippen LogP contribution >= 0.6 is 11.6 Å². The smallest absolute Gasteiger partial charge is 0.339 e. The molecule has 1 aromatic carbocycles. The summed E-state index contributed by atoms with van der Waals surface area (Å²) in [7, 11) is 1.36. The number of piperazine rings is 1. The van der Waals surface area contributed by atoms with Crippen LogP contribution in [0.3, 0.4) is 0 Å². The minimum Gasteiger partial charge on any atom is -0.465 e. The lowest BCUT2D eigenvalue weighted by Gasteiger charge is -2.47. The normalized spacial score (nSPS) is 14.9. The quantitative estimate of drug-likeness (QED) is 0.216. The first-order valence-electron chi connectivity index (χ1n) is 14.8. The van der Waals surface area contributed by atoms with Crippen molar-refractivity contribution in [3.63, 3.8) is 0 Å². The molecule has 3 aromatic heterocycles. The van der Waals surface area contributed by atoms with Gasteiger partial charge in [0.05, 0.1) is 28.9 Å². The van der Waals surface area contributed by atoms with Gasteiger partial charge in [-0.15, -0.1) is 0 Å². The molecule has 232 valence electrons. The number of aromatic nitrogens is 3. The average Bonchev–Trinajstić information content (AvgIpc) is 3.31. The number of methoxy groups -OCH3 is 1. The Morgan fingerprint density at radius 2 is 1.80 bits per heavy atom. The van der Waals surface area contributed by atoms with Gasteiger partial charge in [0.15, 0.2) is 0 Å². The van der Waals surface area contributed by atoms with Crippen LogP contribution in [-0.4, -0.2) is 63.6 Å². The number of halogens is 2. The summed E-state index contributed by atoms with van der Waals surface area (Å²) in [6.07, 6.45) is 1.99. The van der Waals surface area contributed by atoms with E-state index < -0.39 is 17.3 Å². The molecule has 8 nitrogen and oxygen atoms in total. The van der Waals surface area contributed by atoms with Gasteiger partial charge in [0.1, 0.15) is 23.0 Å². The molecule has 1 amide bonds. The summed E-state index contributed by atoms with van der Waals surface area (Å²) in [5.41, 5.74) is 4.89. The first-order chi connectivity index (χ1) is 20.7. The standard InChI is InChI=1S/C34H39ClFN5O3/c1-19(2)16-40-17-24(23-9-10-25(35)26(36)15-23)30-20(3)13-27(38-31(30)40)32(42)41-12-11-39(18-34(41,6)7)28-14-21(4)29(22(5)37-28)33(43)44-8/h9-10,13-15,17,19H,11-12,16,18H2,1-8H3. The molecule has 0 radical (unpaired) electrons. The highest BCUT2D eigenvalue weighted by atomic mass is 35.5. The third-order valence-corrected chi connectivity index (χ3v) is 8.59. The fourth-order valence-corrected chi connectivity index (χ4v) is 6.37. The van der Waals surface area contributed by atoms with Crippen molar-refractivity contribution in [3.8, 4) is 11.1 Å². The van der Waals surface area contributed by atoms with Crippen molar-refractivity contribution in [3.05, 3.63) is 75.4 Å². The SMILES string of the molecule is COC(=O)c1c(C)cc(N2CCN(C(=O)c3cc(C)c4c(-c5ccc(Cl)c(F)c5)cn(CC(C)C)c4n3)C(C)(C)C2)nc1C. The second-order valence-corrected chi connectivity index (χ2v) is 13.1. The van der Waals surface area contributed by atoms with E-state index in [-0.39, 0.29) is 10.9 Å². The molecule has 5 rings (SSSR count). The van der Waals surface area contributed by atoms with E-state index >= 15 is 0 Å². The maximum absolute atomic E-state index is 14.4. The highest BCUT2D eigenvalue weighted by Gasteiger charge is 2.38. The number of carbonyl (C=O) groups is 2. The van der Waals surface area contributed by atoms with E-state index in [9.17, 15) is 14.0 Å². The summed E-state index contributed by atoms with van der Waals surface area (Å²) in [6, 6.07) is 8.55. The van der Waals surface area contributed by atoms with E-state index in [2.05, 4.69) is 23.3 Å². The zero-order valence-electron chi connectivity index (χ0n) is 26.6. The third kappa shape index (κ3) is 5.77. The molecular weight excluding hydrogens is 581 g/mol. The van der Waals surface area contributed by atoms with Gasteiger partial charge in [0.2, 0.25) is 0 Å². The van der Waals surface area contributed by atoms with Crippen LogP contribution in [0.4, 0.5) is 10.2 Å². The number of carbonyl (C=O) groups excluding carboxylic acids is 2. The summed E-state index contributed by atoms with van der Waals surface area (Å²) in [5.74, 6) is 0.0731. The Morgan fingerprint density at radius 3 is 2.41 bits per heavy atom. The fourth-order valence-electron chi connectivity index (χ4n) is 6.25. The zero-order valence-corrected chi connectivity index (χ0v) is 27.3. The van der Waals surface area contributed by atoms with Gasteiger partial charge in [0.25, 0.3) is 5.91 Å². The van der Waals surface area contributed by atoms with Crippen molar-refractivity contribution in [1.29, 1.82) is 0 Å². The van der Waals surface area contributed by atoms with Gasteiger partial charge in [-0.2, -0.15) is 0 Å². The van der Waals surface area contributed by atoms with Gasteiger partial charge in [-0.05, 0) is 81.5 Å². The van der Waals surface area contributed by atoms with Gasteiger partial charge < -0.3 is 19.1 Å². The molecule has 4 heterocycles. The van der Waals surface area contributed by atoms with Crippen LogP contribution in [0, 0.1) is 32.5 Å². The Balaban J connectivity index is 1.48. The number of esters is 1. The molecule has 0 saturated carbocycles. The molecular formula is C34H39ClFN5O3. The molecule has 1 saturated heterocycles. The maximum Gasteiger partial charge on any atom is 0.339 e. The molecule has 10 heteroatoms. The predicted molar refractivity (Wildman–Crippen MR) is 172 cm³/mol. The first-order valence-corrected chi connectivity index (χ1v) is 15.2. The number of fused-ring (bicyclic) bond motifs is 1. The number of hydrogen-bond acceptors (Lipinski definition) is 6. The lowest BCUT2D eigenvalue weighted by Crippen LogP contribution is -2.61. The summed E-state index contributed by atoms with van der Waals surface area (Å²) in [6.45, 7) is 16.3. The number of nitrogens with zero attached hydrogens (tertiary/aromatic N) is 5. The van der Waals surface area contributed by atoms with E-state index in [0.29, 0.717) is 60.3 Å². The van der Waals surface area contributed by atoms with Crippen LogP contribution in [0.5, 0.6) is 0 Å². The highest BCUT2D eigenvalue weighted by molar-refractivity contribution is 6.30. The van der Waals surface area contributed by atoms with E-state index in [1.54, 1.807) is 12.1 Å². The van der Waals surface area contributed by atoms with Crippen molar-refractivity contribution in [1.82, 2.24) is 19.4 Å². The maximum atomic E-state index is 14.4. The molecule has 1 aliphatic heterocycles. The van der Waals surface area contributed by atoms with Crippen LogP contribution in [0.1, 0.15) is 65.4 Å². The van der Waals surface area contributed by atoms with Crippen molar-refractivity contribution in [2.45, 2.75) is 60.5 Å². The minimum atomic E-state index is -0.531. The van der Waals surface area contributed by atoms with Crippen molar-refractivity contribution >= 4 is 40.3 Å². The highest BCUT2D eigenvalue weighted by Crippen LogP contribution is 2.35. The van der Waals surface area contributed by atoms with E-state index in [1.165, 1.54) is 13.2 Å². The largest absolute Gasteiger partial charge is 0.465 e. The first kappa shape index (κ1) is 31.4. The molecule has 1 aliphatic rings. The van der Waals surface area contributed by atoms with E-state index in [0.717, 1.165) is 27.9 Å². The van der Waals surface area contributed by atoms with Crippen LogP contribution in [-0.2, 0) is 11.3 Å². The van der Waals surface area contributed by atoms with Crippen LogP contribution in [0.2, 0.25) is 5.02 Å². The Labute approximate surface area is 262 Å². The summed E-state index contributed by atoms with van der Waals surface area (Å²) in [4.78, 5) is 40.0. The number of pyridine rings is 2. The van der Waals surface area contributed by atoms with Gasteiger partial charge in [-0.25, -0.2) is 19.2 Å². The van der Waals surface area contributed by atoms with Gasteiger partial charge in [-0.1, -0.05) is 31.5 Å². The molecule has 0 aliphatic carbocycles. The molecule has 1 fully saturated rings. The number of aryl methyl sites for hydroxylation is 3. The number of anilines is 1. The Morgan fingerprint density at radius 1 is 1.07 bits per heavy atom. The zero-order chi connectivity index (χ0) is 32.1. The van der Waals surface area contributed by atoms with Crippen LogP contribution < -0.4 is 4.90 Å². The van der Waals surface area contributed by atoms with Crippen molar-refractivity contribution < 1.29 is 18.7 Å². The Hall–Kier alpha value is -3.98. The van der Waals surface area contributed by atoms with Crippen molar-refractivity contribution in [2.75, 3.05) is 31.6 Å². The number of amides is 1. The fraction of sp³-hybridized carbons (Fsp3) is 0.412. The van der Waals surface area contributed by atoms with Gasteiger partial charge >= 0.3 is 5.97 Å². The van der Waals surface area contributed by atoms with Crippen molar-refractivity contribution in [2.24, 2.45) is 5.92 Å². The van der Waals surface area contributed by atoms with E-state index in [1.807, 2.05) is 57.8 Å². The summed E-state index contributed by atoms with van der Waals surface area (Å²) in [5, 5.41) is 0.963. The average molecular weight is 620 g/mol. The molecule has 0 atom stereocenters. The lowest BCUT2D eigenvalue weighted by molar-refractivity contribution is 0.0506. The Kier molecular flexibility index (Phi) is 8.46. The molecule has 0 N–H and O–H groups in total. The summed E-state index contributed by atoms with van der Waals surface area (Å²) >= 11 is 5.97. The minimum absolute atomic E-state index is 0.0735. The molecule has 44 heavy (non-hydrogen) atoms. The lowest BCUT2D eigenvalue weighted by atomic mass is 9.97. The monoisotopic (exact) mass is 619 g/mol. The Bertz CT molecular complexity index is 1760.